The van der Waals surface area contributed by atoms with Gasteiger partial charge < -0.3 is 15.7 Å². The van der Waals surface area contributed by atoms with Crippen LogP contribution in [0.5, 0.6) is 0 Å². The lowest BCUT2D eigenvalue weighted by Crippen LogP contribution is -2.49. The molecule has 0 aromatic carbocycles. The summed E-state index contributed by atoms with van der Waals surface area (Å²) in [7, 11) is 0. The molecular weight excluding hydrogens is 216 g/mol. The third-order valence-electron chi connectivity index (χ3n) is 3.79. The molecule has 0 saturated heterocycles. The number of hydrogen-bond acceptors (Lipinski definition) is 3. The Morgan fingerprint density at radius 2 is 2.12 bits per heavy atom. The number of nitrogens with two attached hydrogens (primary N) is 1. The number of aliphatic hydroxyl groups excluding tert-OH is 1. The molecule has 0 spiro atoms. The van der Waals surface area contributed by atoms with E-state index >= 15 is 0 Å². The zero-order valence-corrected chi connectivity index (χ0v) is 11.1. The van der Waals surface area contributed by atoms with Gasteiger partial charge in [-0.15, -0.1) is 0 Å². The van der Waals surface area contributed by atoms with Gasteiger partial charge in [0.05, 0.1) is 12.5 Å². The summed E-state index contributed by atoms with van der Waals surface area (Å²) in [6, 6.07) is -0.0192. The Morgan fingerprint density at radius 3 is 2.71 bits per heavy atom. The van der Waals surface area contributed by atoms with Crippen molar-refractivity contribution in [2.75, 3.05) is 19.7 Å². The van der Waals surface area contributed by atoms with Crippen LogP contribution in [0.2, 0.25) is 0 Å². The van der Waals surface area contributed by atoms with Gasteiger partial charge in [0.1, 0.15) is 0 Å². The van der Waals surface area contributed by atoms with Crippen molar-refractivity contribution in [1.29, 1.82) is 0 Å². The molecule has 4 nitrogen and oxygen atoms in total. The zero-order chi connectivity index (χ0) is 12.8. The minimum absolute atomic E-state index is 0.0192. The van der Waals surface area contributed by atoms with Crippen molar-refractivity contribution < 1.29 is 9.90 Å². The number of aliphatic hydroxyl groups is 1. The number of amides is 1. The number of rotatable bonds is 5. The van der Waals surface area contributed by atoms with E-state index in [1.165, 1.54) is 0 Å². The lowest BCUT2D eigenvalue weighted by molar-refractivity contribution is -0.138. The quantitative estimate of drug-likeness (QED) is 0.755. The van der Waals surface area contributed by atoms with Crippen LogP contribution in [-0.2, 0) is 4.79 Å². The Labute approximate surface area is 104 Å². The highest BCUT2D eigenvalue weighted by Crippen LogP contribution is 2.29. The molecule has 17 heavy (non-hydrogen) atoms. The largest absolute Gasteiger partial charge is 0.395 e. The molecule has 0 bridgehead atoms. The van der Waals surface area contributed by atoms with E-state index < -0.39 is 0 Å². The third kappa shape index (κ3) is 3.68. The molecule has 0 aliphatic heterocycles. The summed E-state index contributed by atoms with van der Waals surface area (Å²) in [6.45, 7) is 5.35. The van der Waals surface area contributed by atoms with Crippen LogP contribution in [0.25, 0.3) is 0 Å². The molecule has 3 unspecified atom stereocenters. The molecule has 0 aromatic rings. The molecule has 100 valence electrons. The zero-order valence-electron chi connectivity index (χ0n) is 11.1. The van der Waals surface area contributed by atoms with Gasteiger partial charge in [-0.3, -0.25) is 4.79 Å². The van der Waals surface area contributed by atoms with Crippen LogP contribution in [0, 0.1) is 11.8 Å². The Balaban J connectivity index is 2.64. The highest BCUT2D eigenvalue weighted by atomic mass is 16.3. The number of nitrogens with zero attached hydrogens (tertiary/aromatic N) is 1. The predicted octanol–water partition coefficient (Wildman–Crippen LogP) is 0.981. The van der Waals surface area contributed by atoms with Crippen molar-refractivity contribution in [3.05, 3.63) is 0 Å². The molecule has 0 radical (unpaired) electrons. The van der Waals surface area contributed by atoms with Gasteiger partial charge in [0.2, 0.25) is 5.91 Å². The summed E-state index contributed by atoms with van der Waals surface area (Å²) in [5, 5.41) is 9.00. The monoisotopic (exact) mass is 242 g/mol. The van der Waals surface area contributed by atoms with Gasteiger partial charge in [0.25, 0.3) is 0 Å². The maximum atomic E-state index is 12.4. The molecule has 1 rings (SSSR count). The fraction of sp³-hybridized carbons (Fsp3) is 0.923. The van der Waals surface area contributed by atoms with Gasteiger partial charge in [-0.1, -0.05) is 20.3 Å². The van der Waals surface area contributed by atoms with Crippen molar-refractivity contribution in [3.63, 3.8) is 0 Å². The maximum Gasteiger partial charge on any atom is 0.227 e. The van der Waals surface area contributed by atoms with Gasteiger partial charge in [-0.25, -0.2) is 0 Å². The van der Waals surface area contributed by atoms with Gasteiger partial charge in [0, 0.05) is 19.1 Å². The van der Waals surface area contributed by atoms with Crippen LogP contribution in [0.1, 0.15) is 39.5 Å². The molecule has 1 amide bonds. The Kier molecular flexibility index (Phi) is 5.92. The van der Waals surface area contributed by atoms with Gasteiger partial charge >= 0.3 is 0 Å². The summed E-state index contributed by atoms with van der Waals surface area (Å²) >= 11 is 0. The highest BCUT2D eigenvalue weighted by molar-refractivity contribution is 5.79. The van der Waals surface area contributed by atoms with E-state index in [0.717, 1.165) is 32.2 Å². The summed E-state index contributed by atoms with van der Waals surface area (Å²) in [5.74, 6) is 0.520. The molecule has 0 aromatic heterocycles. The van der Waals surface area contributed by atoms with E-state index in [1.54, 1.807) is 4.90 Å². The Bertz CT molecular complexity index is 240. The molecule has 0 heterocycles. The van der Waals surface area contributed by atoms with Gasteiger partial charge in [-0.05, 0) is 25.2 Å². The standard InChI is InChI=1S/C13H26N2O2/c1-3-7-15(8-9-16)13(17)11-6-4-5-10(2)12(11)14/h10-12,16H,3-9,14H2,1-2H3. The lowest BCUT2D eigenvalue weighted by Gasteiger charge is -2.36. The first-order chi connectivity index (χ1) is 8.11. The van der Waals surface area contributed by atoms with Gasteiger partial charge in [0.15, 0.2) is 0 Å². The maximum absolute atomic E-state index is 12.4. The summed E-state index contributed by atoms with van der Waals surface area (Å²) in [5.41, 5.74) is 6.14. The van der Waals surface area contributed by atoms with Crippen molar-refractivity contribution >= 4 is 5.91 Å². The molecule has 1 aliphatic carbocycles. The average molecular weight is 242 g/mol. The third-order valence-corrected chi connectivity index (χ3v) is 3.79. The lowest BCUT2D eigenvalue weighted by atomic mass is 9.77. The molecule has 1 saturated carbocycles. The van der Waals surface area contributed by atoms with Crippen LogP contribution in [-0.4, -0.2) is 41.7 Å². The molecule has 3 atom stereocenters. The van der Waals surface area contributed by atoms with E-state index in [9.17, 15) is 4.79 Å². The smallest absolute Gasteiger partial charge is 0.227 e. The topological polar surface area (TPSA) is 66.6 Å². The Hall–Kier alpha value is -0.610. The second-order valence-electron chi connectivity index (χ2n) is 5.14. The fourth-order valence-electron chi connectivity index (χ4n) is 2.69. The van der Waals surface area contributed by atoms with Crippen LogP contribution in [0.15, 0.2) is 0 Å². The predicted molar refractivity (Wildman–Crippen MR) is 68.4 cm³/mol. The number of carbonyl (C=O) groups excluding carboxylic acids is 1. The first-order valence-corrected chi connectivity index (χ1v) is 6.77. The highest BCUT2D eigenvalue weighted by Gasteiger charge is 2.34. The van der Waals surface area contributed by atoms with Crippen LogP contribution in [0.3, 0.4) is 0 Å². The van der Waals surface area contributed by atoms with E-state index in [2.05, 4.69) is 6.92 Å². The average Bonchev–Trinajstić information content (AvgIpc) is 2.31. The van der Waals surface area contributed by atoms with E-state index in [0.29, 0.717) is 12.5 Å². The fourth-order valence-corrected chi connectivity index (χ4v) is 2.69. The van der Waals surface area contributed by atoms with E-state index in [1.807, 2.05) is 6.92 Å². The van der Waals surface area contributed by atoms with Crippen molar-refractivity contribution in [3.8, 4) is 0 Å². The first-order valence-electron chi connectivity index (χ1n) is 6.77. The minimum atomic E-state index is -0.0446. The molecule has 3 N–H and O–H groups in total. The molecular formula is C13H26N2O2. The summed E-state index contributed by atoms with van der Waals surface area (Å²) in [4.78, 5) is 14.1. The number of carbonyl (C=O) groups is 1. The second-order valence-corrected chi connectivity index (χ2v) is 5.14. The summed E-state index contributed by atoms with van der Waals surface area (Å²) in [6.07, 6.45) is 4.03. The normalized spacial score (nSPS) is 29.1. The van der Waals surface area contributed by atoms with E-state index in [4.69, 9.17) is 10.8 Å². The molecule has 4 heteroatoms. The van der Waals surface area contributed by atoms with Crippen LogP contribution in [0.4, 0.5) is 0 Å². The second kappa shape index (κ2) is 6.97. The number of hydrogen-bond donors (Lipinski definition) is 2. The summed E-state index contributed by atoms with van der Waals surface area (Å²) < 4.78 is 0. The SMILES string of the molecule is CCCN(CCO)C(=O)C1CCCC(C)C1N. The van der Waals surface area contributed by atoms with Gasteiger partial charge in [-0.2, -0.15) is 0 Å². The van der Waals surface area contributed by atoms with E-state index in [-0.39, 0.29) is 24.5 Å². The Morgan fingerprint density at radius 1 is 1.41 bits per heavy atom. The minimum Gasteiger partial charge on any atom is -0.395 e. The van der Waals surface area contributed by atoms with Crippen LogP contribution < -0.4 is 5.73 Å². The molecule has 1 aliphatic rings. The van der Waals surface area contributed by atoms with Crippen LogP contribution >= 0.6 is 0 Å². The van der Waals surface area contributed by atoms with Crippen molar-refractivity contribution in [1.82, 2.24) is 4.90 Å². The molecule has 1 fully saturated rings. The van der Waals surface area contributed by atoms with Crippen molar-refractivity contribution in [2.45, 2.75) is 45.6 Å². The van der Waals surface area contributed by atoms with Crippen molar-refractivity contribution in [2.24, 2.45) is 17.6 Å². The first kappa shape index (κ1) is 14.5.